The summed E-state index contributed by atoms with van der Waals surface area (Å²) in [4.78, 5) is 19.2. The molecule has 6 nitrogen and oxygen atoms in total. The summed E-state index contributed by atoms with van der Waals surface area (Å²) in [7, 11) is 0. The average Bonchev–Trinajstić information content (AvgIpc) is 3.19. The van der Waals surface area contributed by atoms with Gasteiger partial charge in [0.15, 0.2) is 0 Å². The Bertz CT molecular complexity index is 1020. The highest BCUT2D eigenvalue weighted by Gasteiger charge is 2.28. The number of nitrogens with zero attached hydrogens (tertiary/aromatic N) is 4. The van der Waals surface area contributed by atoms with Crippen molar-refractivity contribution >= 4 is 27.6 Å². The number of anilines is 1. The maximum absolute atomic E-state index is 13.3. The molecule has 0 spiro atoms. The number of aromatic nitrogens is 3. The highest BCUT2D eigenvalue weighted by molar-refractivity contribution is 9.10. The molecule has 4 rings (SSSR count). The minimum absolute atomic E-state index is 0.111. The molecule has 0 radical (unpaired) electrons. The molecular weight excluding hydrogens is 449 g/mol. The Balaban J connectivity index is 1.57. The van der Waals surface area contributed by atoms with Crippen molar-refractivity contribution in [3.05, 3.63) is 70.5 Å². The zero-order valence-electron chi connectivity index (χ0n) is 16.7. The molecule has 3 aromatic rings. The Labute approximate surface area is 183 Å². The average molecular weight is 472 g/mol. The van der Waals surface area contributed by atoms with Crippen molar-refractivity contribution in [1.29, 1.82) is 0 Å². The first-order valence-corrected chi connectivity index (χ1v) is 10.9. The Kier molecular flexibility index (Phi) is 6.13. The van der Waals surface area contributed by atoms with E-state index in [0.717, 1.165) is 52.9 Å². The summed E-state index contributed by atoms with van der Waals surface area (Å²) in [6.07, 6.45) is 6.92. The lowest BCUT2D eigenvalue weighted by molar-refractivity contribution is 0.241. The first-order valence-electron chi connectivity index (χ1n) is 10.1. The van der Waals surface area contributed by atoms with Crippen LogP contribution in [0.3, 0.4) is 0 Å². The highest BCUT2D eigenvalue weighted by atomic mass is 79.9. The summed E-state index contributed by atoms with van der Waals surface area (Å²) >= 11 is 3.35. The van der Waals surface area contributed by atoms with Crippen molar-refractivity contribution in [2.45, 2.75) is 38.6 Å². The third-order valence-electron chi connectivity index (χ3n) is 5.28. The van der Waals surface area contributed by atoms with Gasteiger partial charge in [0.2, 0.25) is 0 Å². The van der Waals surface area contributed by atoms with Crippen LogP contribution >= 0.6 is 15.9 Å². The topological polar surface area (TPSA) is 63.1 Å². The summed E-state index contributed by atoms with van der Waals surface area (Å²) in [6, 6.07) is 9.83. The van der Waals surface area contributed by atoms with Crippen molar-refractivity contribution in [3.63, 3.8) is 0 Å². The molecule has 0 aliphatic carbocycles. The van der Waals surface area contributed by atoms with Crippen LogP contribution in [-0.4, -0.2) is 27.3 Å². The normalized spacial score (nSPS) is 14.3. The van der Waals surface area contributed by atoms with E-state index in [1.54, 1.807) is 34.1 Å². The number of fused-ring (bicyclic) bond motifs is 1. The molecule has 0 bridgehead atoms. The Hall–Kier alpha value is -2.74. The third kappa shape index (κ3) is 4.23. The fourth-order valence-electron chi connectivity index (χ4n) is 3.80. The third-order valence-corrected chi connectivity index (χ3v) is 5.75. The van der Waals surface area contributed by atoms with E-state index in [4.69, 9.17) is 0 Å². The van der Waals surface area contributed by atoms with Crippen molar-refractivity contribution in [3.8, 4) is 5.69 Å². The molecule has 0 saturated carbocycles. The van der Waals surface area contributed by atoms with Gasteiger partial charge in [0, 0.05) is 12.7 Å². The number of carbonyl (C=O) groups is 1. The first-order chi connectivity index (χ1) is 14.6. The SMILES string of the molecule is CCC[C@H](NC(=O)N1CCCc2c1cnn2-c1ccc(F)cc1)c1ccc(Br)nc1. The number of halogens is 2. The van der Waals surface area contributed by atoms with Crippen molar-refractivity contribution in [2.24, 2.45) is 0 Å². The van der Waals surface area contributed by atoms with Crippen LogP contribution in [0.4, 0.5) is 14.9 Å². The molecule has 156 valence electrons. The molecule has 2 amide bonds. The van der Waals surface area contributed by atoms with Gasteiger partial charge >= 0.3 is 6.03 Å². The van der Waals surface area contributed by atoms with Crippen molar-refractivity contribution < 1.29 is 9.18 Å². The van der Waals surface area contributed by atoms with Crippen LogP contribution in [0.5, 0.6) is 0 Å². The largest absolute Gasteiger partial charge is 0.331 e. The number of carbonyl (C=O) groups excluding carboxylic acids is 1. The molecule has 0 fully saturated rings. The van der Waals surface area contributed by atoms with E-state index in [0.29, 0.717) is 6.54 Å². The number of nitrogens with one attached hydrogen (secondary N) is 1. The van der Waals surface area contributed by atoms with Crippen LogP contribution in [0, 0.1) is 5.82 Å². The molecule has 8 heteroatoms. The lowest BCUT2D eigenvalue weighted by atomic mass is 10.0. The van der Waals surface area contributed by atoms with Gasteiger partial charge in [-0.3, -0.25) is 4.90 Å². The van der Waals surface area contributed by atoms with Crippen LogP contribution < -0.4 is 10.2 Å². The van der Waals surface area contributed by atoms with E-state index in [9.17, 15) is 9.18 Å². The molecule has 1 aliphatic heterocycles. The zero-order valence-corrected chi connectivity index (χ0v) is 18.3. The number of benzene rings is 1. The predicted molar refractivity (Wildman–Crippen MR) is 117 cm³/mol. The maximum Gasteiger partial charge on any atom is 0.322 e. The molecule has 30 heavy (non-hydrogen) atoms. The van der Waals surface area contributed by atoms with Crippen LogP contribution in [-0.2, 0) is 6.42 Å². The van der Waals surface area contributed by atoms with Crippen LogP contribution in [0.1, 0.15) is 43.5 Å². The smallest absolute Gasteiger partial charge is 0.322 e. The summed E-state index contributed by atoms with van der Waals surface area (Å²) in [5, 5.41) is 7.64. The van der Waals surface area contributed by atoms with Gasteiger partial charge in [-0.2, -0.15) is 5.10 Å². The standard InChI is InChI=1S/C22H23BrFN5O/c1-2-4-18(15-6-11-21(23)25-13-15)27-22(30)28-12-3-5-19-20(28)14-26-29(19)17-9-7-16(24)8-10-17/h6-11,13-14,18H,2-5,12H2,1H3,(H,27,30)/t18-/m0/s1. The molecule has 1 atom stereocenters. The van der Waals surface area contributed by atoms with Crippen LogP contribution in [0.2, 0.25) is 0 Å². The molecule has 1 aromatic carbocycles. The molecule has 0 unspecified atom stereocenters. The Morgan fingerprint density at radius 3 is 2.73 bits per heavy atom. The summed E-state index contributed by atoms with van der Waals surface area (Å²) in [5.41, 5.74) is 3.52. The second kappa shape index (κ2) is 8.95. The van der Waals surface area contributed by atoms with E-state index < -0.39 is 0 Å². The van der Waals surface area contributed by atoms with Crippen molar-refractivity contribution in [2.75, 3.05) is 11.4 Å². The summed E-state index contributed by atoms with van der Waals surface area (Å²) in [5.74, 6) is -0.287. The number of urea groups is 1. The van der Waals surface area contributed by atoms with Gasteiger partial charge in [-0.05, 0) is 71.1 Å². The minimum atomic E-state index is -0.287. The van der Waals surface area contributed by atoms with E-state index in [2.05, 4.69) is 38.3 Å². The molecule has 3 heterocycles. The maximum atomic E-state index is 13.3. The lowest BCUT2D eigenvalue weighted by Gasteiger charge is -2.29. The van der Waals surface area contributed by atoms with Gasteiger partial charge in [0.1, 0.15) is 10.4 Å². The predicted octanol–water partition coefficient (Wildman–Crippen LogP) is 5.17. The minimum Gasteiger partial charge on any atom is -0.331 e. The first kappa shape index (κ1) is 20.5. The summed E-state index contributed by atoms with van der Waals surface area (Å²) < 4.78 is 15.8. The van der Waals surface area contributed by atoms with E-state index in [1.807, 2.05) is 12.1 Å². The number of amides is 2. The van der Waals surface area contributed by atoms with Crippen molar-refractivity contribution in [1.82, 2.24) is 20.1 Å². The highest BCUT2D eigenvalue weighted by Crippen LogP contribution is 2.30. The van der Waals surface area contributed by atoms with Gasteiger partial charge in [-0.1, -0.05) is 19.4 Å². The molecule has 1 N–H and O–H groups in total. The number of hydrogen-bond acceptors (Lipinski definition) is 3. The fourth-order valence-corrected chi connectivity index (χ4v) is 4.03. The zero-order chi connectivity index (χ0) is 21.1. The molecule has 0 saturated heterocycles. The van der Waals surface area contributed by atoms with E-state index >= 15 is 0 Å². The quantitative estimate of drug-likeness (QED) is 0.521. The van der Waals surface area contributed by atoms with Gasteiger partial charge in [0.05, 0.1) is 29.3 Å². The van der Waals surface area contributed by atoms with E-state index in [-0.39, 0.29) is 17.9 Å². The molecule has 1 aliphatic rings. The number of pyridine rings is 1. The van der Waals surface area contributed by atoms with Gasteiger partial charge in [0.25, 0.3) is 0 Å². The van der Waals surface area contributed by atoms with Gasteiger partial charge in [-0.15, -0.1) is 0 Å². The van der Waals surface area contributed by atoms with Gasteiger partial charge < -0.3 is 5.32 Å². The molecule has 2 aromatic heterocycles. The van der Waals surface area contributed by atoms with Crippen LogP contribution in [0.15, 0.2) is 53.4 Å². The Morgan fingerprint density at radius 2 is 2.03 bits per heavy atom. The Morgan fingerprint density at radius 1 is 1.23 bits per heavy atom. The number of hydrogen-bond donors (Lipinski definition) is 1. The van der Waals surface area contributed by atoms with Gasteiger partial charge in [-0.25, -0.2) is 18.9 Å². The second-order valence-electron chi connectivity index (χ2n) is 7.32. The van der Waals surface area contributed by atoms with Crippen LogP contribution in [0.25, 0.3) is 5.69 Å². The second-order valence-corrected chi connectivity index (χ2v) is 8.14. The fraction of sp³-hybridized carbons (Fsp3) is 0.318. The lowest BCUT2D eigenvalue weighted by Crippen LogP contribution is -2.44. The van der Waals surface area contributed by atoms with E-state index in [1.165, 1.54) is 12.1 Å². The summed E-state index contributed by atoms with van der Waals surface area (Å²) in [6.45, 7) is 2.72. The number of rotatable bonds is 5. The monoisotopic (exact) mass is 471 g/mol. The molecular formula is C22H23BrFN5O.